The molecule has 0 bridgehead atoms. The number of aliphatic hydroxyl groups is 4. The summed E-state index contributed by atoms with van der Waals surface area (Å²) in [6, 6.07) is 0. The Balaban J connectivity index is -0.00000843. The molecule has 1 saturated heterocycles. The number of carbonyl (C=O) groups is 19. The van der Waals surface area contributed by atoms with E-state index in [2.05, 4.69) is 30.7 Å². The van der Waals surface area contributed by atoms with Crippen molar-refractivity contribution < 1.29 is 198 Å². The van der Waals surface area contributed by atoms with Crippen molar-refractivity contribution in [2.24, 2.45) is 48.7 Å². The van der Waals surface area contributed by atoms with Crippen LogP contribution in [0.15, 0.2) is 0 Å². The molecule has 0 saturated carbocycles. The number of nitrogens with zero attached hydrogens (tertiary/aromatic N) is 2. The lowest BCUT2D eigenvalue weighted by molar-refractivity contribution is -0.161. The first-order valence-corrected chi connectivity index (χ1v) is 44.7. The van der Waals surface area contributed by atoms with E-state index < -0.39 is 257 Å². The van der Waals surface area contributed by atoms with Crippen molar-refractivity contribution in [2.75, 3.05) is 211 Å². The molecule has 0 radical (unpaired) electrons. The first-order chi connectivity index (χ1) is 64.1. The summed E-state index contributed by atoms with van der Waals surface area (Å²) < 4.78 is 97.6. The van der Waals surface area contributed by atoms with Crippen molar-refractivity contribution in [2.45, 2.75) is 197 Å². The maximum Gasteiger partial charge on any atom is 0.508 e. The molecule has 47 heteroatoms. The molecule has 8 unspecified atom stereocenters. The van der Waals surface area contributed by atoms with Crippen molar-refractivity contribution in [3.63, 3.8) is 0 Å². The van der Waals surface area contributed by atoms with E-state index in [0.717, 1.165) is 0 Å². The maximum absolute atomic E-state index is 13.1. The summed E-state index contributed by atoms with van der Waals surface area (Å²) in [5, 5.41) is 49.6. The summed E-state index contributed by atoms with van der Waals surface area (Å²) in [5.41, 5.74) is -13.3. The first-order valence-electron chi connectivity index (χ1n) is 45.4. The van der Waals surface area contributed by atoms with Gasteiger partial charge in [0.1, 0.15) is 149 Å². The van der Waals surface area contributed by atoms with Gasteiger partial charge in [0.2, 0.25) is 0 Å². The van der Waals surface area contributed by atoms with E-state index in [4.69, 9.17) is 77.2 Å². The summed E-state index contributed by atoms with van der Waals surface area (Å²) in [7, 11) is 0. The van der Waals surface area contributed by atoms with Crippen LogP contribution in [0.25, 0.3) is 0 Å². The van der Waals surface area contributed by atoms with Gasteiger partial charge in [-0.3, -0.25) is 43.2 Å². The van der Waals surface area contributed by atoms with Gasteiger partial charge in [-0.2, -0.15) is 0 Å². The SMILES string of the molecule is CC.CC(=O)C1(C)COC(=O)OC1.CCOC(=O)C(C)(CO)COC(=O)OCC(C)(COC(=O)NCCCN(CCCCN(CCCNC(=O)OCC(C)(COC(=O)OCC(C)(CO)C(=O)OCC)C(C)=O)CCCNC(=O)OCC(C)(COC(=O)OCC(C)(CO)C(=O)OCC)C(C)=O)CCCNC(=O)OCC(C)(COC(=O)OCC(C)(CO)C(=O)OCC)C(C)=O)C(C)=O.[3H]CC(=O)CC. The van der Waals surface area contributed by atoms with Gasteiger partial charge in [0, 0.05) is 34.0 Å². The van der Waals surface area contributed by atoms with Gasteiger partial charge in [0.15, 0.2) is 0 Å². The third kappa shape index (κ3) is 51.9. The largest absolute Gasteiger partial charge is 0.508 e. The van der Waals surface area contributed by atoms with Crippen LogP contribution < -0.4 is 21.3 Å². The van der Waals surface area contributed by atoms with E-state index in [-0.39, 0.29) is 84.3 Å². The molecular formula is C89H152N6O41. The highest BCUT2D eigenvalue weighted by atomic mass is 16.8. The Bertz CT molecular complexity index is 3380. The van der Waals surface area contributed by atoms with E-state index in [1.54, 1.807) is 41.5 Å². The highest BCUT2D eigenvalue weighted by molar-refractivity contribution is 5.86. The monoisotopic (exact) mass is 1960 g/mol. The minimum absolute atomic E-state index is 0.000248. The lowest BCUT2D eigenvalue weighted by Gasteiger charge is -2.29. The molecular weight excluding hydrogens is 1810 g/mol. The van der Waals surface area contributed by atoms with Crippen LogP contribution in [-0.4, -0.2) is 355 Å². The fourth-order valence-electron chi connectivity index (χ4n) is 9.93. The topological polar surface area (TPSA) is 626 Å². The first kappa shape index (κ1) is 127. The highest BCUT2D eigenvalue weighted by Gasteiger charge is 2.44. The zero-order valence-electron chi connectivity index (χ0n) is 84.1. The lowest BCUT2D eigenvalue weighted by Crippen LogP contribution is -2.41. The van der Waals surface area contributed by atoms with Crippen LogP contribution in [0.1, 0.15) is 199 Å². The van der Waals surface area contributed by atoms with Crippen molar-refractivity contribution in [3.8, 4) is 0 Å². The predicted octanol–water partition coefficient (Wildman–Crippen LogP) is 6.84. The van der Waals surface area contributed by atoms with Gasteiger partial charge in [0.05, 0.1) is 79.9 Å². The maximum atomic E-state index is 13.1. The number of amides is 4. The molecule has 784 valence electrons. The van der Waals surface area contributed by atoms with E-state index in [0.29, 0.717) is 84.2 Å². The molecule has 4 amide bonds. The molecule has 0 spiro atoms. The van der Waals surface area contributed by atoms with Crippen molar-refractivity contribution in [3.05, 3.63) is 0 Å². The molecule has 47 nitrogen and oxygen atoms in total. The Hall–Kier alpha value is -10.9. The molecule has 8 atom stereocenters. The Kier molecular flexibility index (Phi) is 62.9. The Morgan fingerprint density at radius 3 is 0.684 bits per heavy atom. The number of ketones is 6. The second-order valence-electron chi connectivity index (χ2n) is 34.2. The van der Waals surface area contributed by atoms with Gasteiger partial charge in [0.25, 0.3) is 0 Å². The molecule has 136 heavy (non-hydrogen) atoms. The quantitative estimate of drug-likeness (QED) is 0.0175. The zero-order valence-corrected chi connectivity index (χ0v) is 83.1. The number of alkyl carbamates (subject to hydrolysis) is 4. The molecule has 1 aliphatic heterocycles. The molecule has 1 rings (SSSR count). The van der Waals surface area contributed by atoms with Gasteiger partial charge < -0.3 is 142 Å². The summed E-state index contributed by atoms with van der Waals surface area (Å²) in [6.07, 6.45) is -6.57. The average Bonchev–Trinajstić information content (AvgIpc) is 0.799. The van der Waals surface area contributed by atoms with Crippen molar-refractivity contribution in [1.29, 1.82) is 0 Å². The van der Waals surface area contributed by atoms with Crippen LogP contribution >= 0.6 is 0 Å². The molecule has 0 aliphatic carbocycles. The smallest absolute Gasteiger partial charge is 0.465 e. The number of nitrogens with one attached hydrogen (secondary N) is 4. The fraction of sp³-hybridized carbons (Fsp3) is 0.787. The van der Waals surface area contributed by atoms with Crippen molar-refractivity contribution >= 4 is 114 Å². The molecule has 8 N–H and O–H groups in total. The van der Waals surface area contributed by atoms with E-state index >= 15 is 0 Å². The molecule has 0 aromatic rings. The second-order valence-corrected chi connectivity index (χ2v) is 34.2. The average molecular weight is 1960 g/mol. The summed E-state index contributed by atoms with van der Waals surface area (Å²) >= 11 is 0. The molecule has 0 aromatic carbocycles. The Labute approximate surface area is 796 Å². The number of esters is 4. The zero-order chi connectivity index (χ0) is 105. The van der Waals surface area contributed by atoms with Gasteiger partial charge in [-0.15, -0.1) is 0 Å². The number of rotatable bonds is 63. The lowest BCUT2D eigenvalue weighted by atomic mass is 9.88. The number of unbranched alkanes of at least 4 members (excludes halogenated alkanes) is 1. The number of cyclic esters (lactones) is 2. The Morgan fingerprint density at radius 1 is 0.331 bits per heavy atom. The molecule has 1 fully saturated rings. The van der Waals surface area contributed by atoms with Crippen LogP contribution in [0.4, 0.5) is 43.2 Å². The number of aliphatic hydroxyl groups excluding tert-OH is 4. The van der Waals surface area contributed by atoms with Gasteiger partial charge in [-0.1, -0.05) is 20.8 Å². The number of Topliss-reactive ketones (excluding diaryl/α,β-unsaturated/α-hetero) is 6. The minimum Gasteiger partial charge on any atom is -0.465 e. The molecule has 0 aromatic heterocycles. The van der Waals surface area contributed by atoms with E-state index in [1.807, 2.05) is 23.6 Å². The minimum atomic E-state index is -1.60. The van der Waals surface area contributed by atoms with E-state index in [1.165, 1.54) is 90.0 Å². The molecule has 1 heterocycles. The van der Waals surface area contributed by atoms with Crippen LogP contribution in [0, 0.1) is 48.7 Å². The highest BCUT2D eigenvalue weighted by Crippen LogP contribution is 2.29. The van der Waals surface area contributed by atoms with Crippen LogP contribution in [-0.2, 0) is 133 Å². The number of hydrogen-bond acceptors (Lipinski definition) is 43. The van der Waals surface area contributed by atoms with Crippen LogP contribution in [0.3, 0.4) is 0 Å². The normalized spacial score (nSPS) is 15.4. The van der Waals surface area contributed by atoms with Gasteiger partial charge in [-0.05, 0) is 209 Å². The summed E-state index contributed by atoms with van der Waals surface area (Å²) in [4.78, 5) is 238. The second kappa shape index (κ2) is 67.3. The number of carbonyl (C=O) groups excluding carboxylic acids is 19. The summed E-state index contributed by atoms with van der Waals surface area (Å²) in [6.45, 7) is 23.5. The third-order valence-electron chi connectivity index (χ3n) is 21.2. The fourth-order valence-corrected chi connectivity index (χ4v) is 9.93. The number of hydrogen-bond donors (Lipinski definition) is 8. The summed E-state index contributed by atoms with van der Waals surface area (Å²) in [5.74, 6) is -5.40. The van der Waals surface area contributed by atoms with Crippen LogP contribution in [0.2, 0.25) is 0 Å². The van der Waals surface area contributed by atoms with Crippen LogP contribution in [0.5, 0.6) is 0 Å². The molecule has 1 aliphatic rings. The van der Waals surface area contributed by atoms with Gasteiger partial charge >= 0.3 is 79.0 Å². The predicted molar refractivity (Wildman–Crippen MR) is 478 cm³/mol. The third-order valence-corrected chi connectivity index (χ3v) is 21.2. The standard InChI is InChI=1S/C76H128N6O36.C7H10O4.C4H8O.C2H6/c1-17-103-57(91)69(9,37-83)41-111-65(99)115-49-73(13,53(5)87)45-107-61(95)77-27-23-33-81(34-24-28-78-62(96)108-46-74(14,54(6)88)50-116-66(100)112-42-70(10,38-84)58(92)104-18-2)31-21-22-32-82(35-25-29-79-63(97)109-47-75(15,55(7)89)51-117-67(101)113-43-71(11,39-85)59(93)105-19-3)36-26-30-80-64(98)110-48-76(16,56(8)90)52-118-68(102)114-44-72(12,40-86)60(94)106-20-4;1-5(8)7(2)3-10-6(9)11-4-7;1-3-4(2)5;1-2/h83-86H,17-52H2,1-16H3,(H,77,95)(H,78,96)(H,79,97)(H,80,98);3-4H2,1-2H3;3H2,1-2H3;1-2H3/i;;2T;. The Morgan fingerprint density at radius 2 is 0.522 bits per heavy atom. The van der Waals surface area contributed by atoms with Gasteiger partial charge in [-0.25, -0.2) is 43.2 Å². The van der Waals surface area contributed by atoms with Crippen molar-refractivity contribution in [1.82, 2.24) is 31.1 Å². The number of ether oxygens (including phenoxy) is 18. The van der Waals surface area contributed by atoms with E-state index in [9.17, 15) is 112 Å².